The molecule has 1 saturated carbocycles. The van der Waals surface area contributed by atoms with E-state index in [-0.39, 0.29) is 5.41 Å². The summed E-state index contributed by atoms with van der Waals surface area (Å²) in [5.74, 6) is 1.48. The van der Waals surface area contributed by atoms with E-state index < -0.39 is 0 Å². The summed E-state index contributed by atoms with van der Waals surface area (Å²) in [5, 5.41) is 4.05. The zero-order valence-electron chi connectivity index (χ0n) is 13.9. The molecule has 4 rings (SSSR count). The maximum atomic E-state index is 12.6. The Morgan fingerprint density at radius 1 is 1.42 bits per heavy atom. The van der Waals surface area contributed by atoms with Gasteiger partial charge in [-0.1, -0.05) is 18.1 Å². The van der Waals surface area contributed by atoms with E-state index in [0.717, 1.165) is 45.1 Å². The Morgan fingerprint density at radius 2 is 2.29 bits per heavy atom. The van der Waals surface area contributed by atoms with Crippen LogP contribution in [0.1, 0.15) is 44.9 Å². The Hall–Kier alpha value is -2.24. The van der Waals surface area contributed by atoms with Crippen LogP contribution < -0.4 is 0 Å². The van der Waals surface area contributed by atoms with Crippen LogP contribution in [0.2, 0.25) is 0 Å². The predicted molar refractivity (Wildman–Crippen MR) is 87.9 cm³/mol. The van der Waals surface area contributed by atoms with Gasteiger partial charge in [-0.25, -0.2) is 0 Å². The Labute approximate surface area is 141 Å². The monoisotopic (exact) mass is 326 g/mol. The summed E-state index contributed by atoms with van der Waals surface area (Å²) in [6.07, 6.45) is 7.57. The van der Waals surface area contributed by atoms with E-state index >= 15 is 0 Å². The van der Waals surface area contributed by atoms with Crippen LogP contribution in [0.4, 0.5) is 0 Å². The minimum absolute atomic E-state index is 0.0825. The number of likely N-dealkylation sites (tertiary alicyclic amines) is 1. The predicted octanol–water partition coefficient (Wildman–Crippen LogP) is 2.86. The Balaban J connectivity index is 1.38. The molecule has 1 atom stereocenters. The number of carbonyl (C=O) groups is 1. The van der Waals surface area contributed by atoms with Crippen LogP contribution in [-0.4, -0.2) is 38.5 Å². The van der Waals surface area contributed by atoms with Crippen LogP contribution in [0.5, 0.6) is 0 Å². The molecule has 3 heterocycles. The third-order valence-electron chi connectivity index (χ3n) is 5.21. The minimum atomic E-state index is -0.0825. The van der Waals surface area contributed by atoms with Crippen molar-refractivity contribution in [2.75, 3.05) is 6.54 Å². The lowest BCUT2D eigenvalue weighted by molar-refractivity contribution is -0.137. The van der Waals surface area contributed by atoms with Crippen LogP contribution >= 0.6 is 0 Å². The van der Waals surface area contributed by atoms with Gasteiger partial charge in [-0.3, -0.25) is 9.78 Å². The Kier molecular flexibility index (Phi) is 3.82. The highest BCUT2D eigenvalue weighted by molar-refractivity contribution is 5.85. The van der Waals surface area contributed by atoms with Gasteiger partial charge in [0.15, 0.2) is 5.82 Å². The summed E-state index contributed by atoms with van der Waals surface area (Å²) in [5.41, 5.74) is 0.608. The smallest absolute Gasteiger partial charge is 0.276 e. The van der Waals surface area contributed by atoms with Crippen LogP contribution in [0, 0.1) is 5.41 Å². The van der Waals surface area contributed by atoms with Gasteiger partial charge in [-0.2, -0.15) is 4.98 Å². The van der Waals surface area contributed by atoms with Crippen molar-refractivity contribution in [2.24, 2.45) is 5.41 Å². The zero-order chi connectivity index (χ0) is 16.6. The van der Waals surface area contributed by atoms with Crippen molar-refractivity contribution in [1.82, 2.24) is 20.0 Å². The van der Waals surface area contributed by atoms with Crippen LogP contribution in [0.3, 0.4) is 0 Å². The van der Waals surface area contributed by atoms with Crippen molar-refractivity contribution >= 4 is 5.91 Å². The van der Waals surface area contributed by atoms with Gasteiger partial charge in [0.25, 0.3) is 5.89 Å². The highest BCUT2D eigenvalue weighted by Gasteiger charge is 2.49. The number of hydrogen-bond donors (Lipinski definition) is 0. The van der Waals surface area contributed by atoms with Gasteiger partial charge in [0.2, 0.25) is 5.91 Å². The first-order valence-corrected chi connectivity index (χ1v) is 8.71. The molecule has 1 aliphatic heterocycles. The number of pyridine rings is 1. The lowest BCUT2D eigenvalue weighted by Gasteiger charge is -2.27. The van der Waals surface area contributed by atoms with Gasteiger partial charge in [0.1, 0.15) is 5.69 Å². The average Bonchev–Trinajstić information content (AvgIpc) is 3.05. The molecule has 6 nitrogen and oxygen atoms in total. The maximum Gasteiger partial charge on any atom is 0.276 e. The van der Waals surface area contributed by atoms with E-state index in [0.29, 0.717) is 29.4 Å². The third kappa shape index (κ3) is 2.92. The molecule has 2 fully saturated rings. The highest BCUT2D eigenvalue weighted by atomic mass is 16.5. The second-order valence-corrected chi connectivity index (χ2v) is 7.12. The molecule has 0 radical (unpaired) electrons. The highest BCUT2D eigenvalue weighted by Crippen LogP contribution is 2.47. The van der Waals surface area contributed by atoms with Crippen molar-refractivity contribution in [1.29, 1.82) is 0 Å². The Bertz CT molecular complexity index is 724. The fourth-order valence-corrected chi connectivity index (χ4v) is 3.40. The molecule has 2 aliphatic rings. The number of nitrogens with zero attached hydrogens (tertiary/aromatic N) is 4. The fourth-order valence-electron chi connectivity index (χ4n) is 3.40. The molecule has 0 bridgehead atoms. The number of carbonyl (C=O) groups excluding carboxylic acids is 1. The normalized spacial score (nSPS) is 21.9. The maximum absolute atomic E-state index is 12.6. The summed E-state index contributed by atoms with van der Waals surface area (Å²) in [4.78, 5) is 23.3. The fraction of sp³-hybridized carbons (Fsp3) is 0.556. The molecule has 0 aromatic carbocycles. The second-order valence-electron chi connectivity index (χ2n) is 7.12. The molecule has 1 amide bonds. The number of aromatic nitrogens is 3. The molecule has 1 aliphatic carbocycles. The first-order chi connectivity index (χ1) is 11.7. The molecule has 1 saturated heterocycles. The van der Waals surface area contributed by atoms with Crippen LogP contribution in [0.25, 0.3) is 11.6 Å². The molecule has 24 heavy (non-hydrogen) atoms. The molecular weight excluding hydrogens is 304 g/mol. The number of amides is 1. The van der Waals surface area contributed by atoms with Gasteiger partial charge >= 0.3 is 0 Å². The minimum Gasteiger partial charge on any atom is -0.339 e. The lowest BCUT2D eigenvalue weighted by atomic mass is 10.0. The molecule has 2 aromatic heterocycles. The largest absolute Gasteiger partial charge is 0.339 e. The van der Waals surface area contributed by atoms with Crippen LogP contribution in [-0.2, 0) is 11.2 Å². The summed E-state index contributed by atoms with van der Waals surface area (Å²) < 4.78 is 5.30. The molecule has 0 N–H and O–H groups in total. The van der Waals surface area contributed by atoms with Gasteiger partial charge < -0.3 is 9.42 Å². The molecule has 126 valence electrons. The molecule has 1 unspecified atom stereocenters. The van der Waals surface area contributed by atoms with Gasteiger partial charge in [-0.15, -0.1) is 0 Å². The van der Waals surface area contributed by atoms with Gasteiger partial charge in [0.05, 0.1) is 0 Å². The van der Waals surface area contributed by atoms with Gasteiger partial charge in [0, 0.05) is 30.6 Å². The third-order valence-corrected chi connectivity index (χ3v) is 5.21. The molecule has 0 spiro atoms. The van der Waals surface area contributed by atoms with Crippen molar-refractivity contribution in [3.05, 3.63) is 30.2 Å². The quantitative estimate of drug-likeness (QED) is 0.845. The number of rotatable bonds is 5. The number of aryl methyl sites for hydroxylation is 1. The summed E-state index contributed by atoms with van der Waals surface area (Å²) in [6, 6.07) is 5.91. The van der Waals surface area contributed by atoms with E-state index in [2.05, 4.69) is 26.9 Å². The standard InChI is InChI=1S/C18H22N4O2/c1-18(9-10-18)17(23)22-12-4-5-13(22)7-8-15-20-16(24-21-15)14-6-2-3-11-19-14/h2-3,6,11,13H,4-5,7-10,12H2,1H3. The van der Waals surface area contributed by atoms with Crippen molar-refractivity contribution in [3.8, 4) is 11.6 Å². The molecule has 6 heteroatoms. The van der Waals surface area contributed by atoms with E-state index in [1.165, 1.54) is 0 Å². The van der Waals surface area contributed by atoms with E-state index in [1.807, 2.05) is 18.2 Å². The average molecular weight is 326 g/mol. The van der Waals surface area contributed by atoms with Crippen molar-refractivity contribution < 1.29 is 9.32 Å². The summed E-state index contributed by atoms with van der Waals surface area (Å²) in [7, 11) is 0. The number of hydrogen-bond acceptors (Lipinski definition) is 5. The SMILES string of the molecule is CC1(C(=O)N2CCCC2CCc2noc(-c3ccccn3)n2)CC1. The first-order valence-electron chi connectivity index (χ1n) is 8.71. The summed E-state index contributed by atoms with van der Waals surface area (Å²) >= 11 is 0. The molecule has 2 aromatic rings. The first kappa shape index (κ1) is 15.3. The second kappa shape index (κ2) is 6.00. The van der Waals surface area contributed by atoms with Crippen molar-refractivity contribution in [3.63, 3.8) is 0 Å². The van der Waals surface area contributed by atoms with Crippen molar-refractivity contribution in [2.45, 2.75) is 51.5 Å². The van der Waals surface area contributed by atoms with E-state index in [1.54, 1.807) is 6.20 Å². The van der Waals surface area contributed by atoms with E-state index in [4.69, 9.17) is 4.52 Å². The van der Waals surface area contributed by atoms with E-state index in [9.17, 15) is 4.79 Å². The molecular formula is C18H22N4O2. The Morgan fingerprint density at radius 3 is 3.04 bits per heavy atom. The zero-order valence-corrected chi connectivity index (χ0v) is 13.9. The summed E-state index contributed by atoms with van der Waals surface area (Å²) in [6.45, 7) is 2.98. The van der Waals surface area contributed by atoms with Gasteiger partial charge in [-0.05, 0) is 44.2 Å². The van der Waals surface area contributed by atoms with Crippen LogP contribution in [0.15, 0.2) is 28.9 Å². The topological polar surface area (TPSA) is 72.1 Å². The lowest BCUT2D eigenvalue weighted by Crippen LogP contribution is -2.40.